The Morgan fingerprint density at radius 3 is 2.20 bits per heavy atom. The molecule has 0 saturated carbocycles. The summed E-state index contributed by atoms with van der Waals surface area (Å²) in [6.45, 7) is 2.44. The Morgan fingerprint density at radius 2 is 1.90 bits per heavy atom. The molecule has 62 valence electrons. The Labute approximate surface area is 58.8 Å². The summed E-state index contributed by atoms with van der Waals surface area (Å²) in [7, 11) is 0. The van der Waals surface area contributed by atoms with E-state index >= 15 is 0 Å². The normalized spacial score (nSPS) is 17.4. The third-order valence-electron chi connectivity index (χ3n) is 1.16. The van der Waals surface area contributed by atoms with Crippen molar-refractivity contribution in [2.24, 2.45) is 0 Å². The Morgan fingerprint density at radius 1 is 1.40 bits per heavy atom. The van der Waals surface area contributed by atoms with Crippen molar-refractivity contribution in [2.45, 2.75) is 32.5 Å². The second-order valence-corrected chi connectivity index (χ2v) is 2.17. The van der Waals surface area contributed by atoms with Crippen molar-refractivity contribution in [3.05, 3.63) is 0 Å². The average Bonchev–Trinajstić information content (AvgIpc) is 1.82. The highest BCUT2D eigenvalue weighted by Crippen LogP contribution is 2.00. The SMILES string of the molecule is CC(O)C(C)OCC(F)F. The minimum absolute atomic E-state index is 0.519. The van der Waals surface area contributed by atoms with E-state index < -0.39 is 25.2 Å². The van der Waals surface area contributed by atoms with Gasteiger partial charge in [0.15, 0.2) is 0 Å². The predicted octanol–water partition coefficient (Wildman–Crippen LogP) is 1.04. The van der Waals surface area contributed by atoms with Crippen molar-refractivity contribution in [3.8, 4) is 0 Å². The quantitative estimate of drug-likeness (QED) is 0.655. The van der Waals surface area contributed by atoms with Crippen molar-refractivity contribution in [3.63, 3.8) is 0 Å². The summed E-state index contributed by atoms with van der Waals surface area (Å²) < 4.78 is 27.5. The number of ether oxygens (including phenoxy) is 1. The van der Waals surface area contributed by atoms with E-state index in [2.05, 4.69) is 4.74 Å². The summed E-state index contributed by atoms with van der Waals surface area (Å²) in [6, 6.07) is 0. The first-order chi connectivity index (χ1) is 4.54. The van der Waals surface area contributed by atoms with Crippen molar-refractivity contribution in [1.82, 2.24) is 0 Å². The largest absolute Gasteiger partial charge is 0.391 e. The van der Waals surface area contributed by atoms with Gasteiger partial charge in [-0.1, -0.05) is 0 Å². The first-order valence-corrected chi connectivity index (χ1v) is 3.12. The van der Waals surface area contributed by atoms with Gasteiger partial charge in [0, 0.05) is 0 Å². The van der Waals surface area contributed by atoms with Gasteiger partial charge in [-0.2, -0.15) is 0 Å². The summed E-state index contributed by atoms with van der Waals surface area (Å²) in [5, 5.41) is 8.76. The minimum atomic E-state index is -2.46. The Bertz CT molecular complexity index is 85.8. The molecule has 2 unspecified atom stereocenters. The summed E-state index contributed by atoms with van der Waals surface area (Å²) in [4.78, 5) is 0. The fraction of sp³-hybridized carbons (Fsp3) is 1.00. The molecular formula is C6H12F2O2. The molecule has 0 bridgehead atoms. The lowest BCUT2D eigenvalue weighted by molar-refractivity contribution is -0.0609. The molecule has 2 atom stereocenters. The number of hydrogen-bond acceptors (Lipinski definition) is 2. The van der Waals surface area contributed by atoms with Gasteiger partial charge in [-0.05, 0) is 13.8 Å². The van der Waals surface area contributed by atoms with E-state index in [0.29, 0.717) is 0 Å². The second-order valence-electron chi connectivity index (χ2n) is 2.17. The smallest absolute Gasteiger partial charge is 0.261 e. The van der Waals surface area contributed by atoms with Gasteiger partial charge in [0.1, 0.15) is 6.61 Å². The average molecular weight is 154 g/mol. The number of rotatable bonds is 4. The topological polar surface area (TPSA) is 29.5 Å². The van der Waals surface area contributed by atoms with Gasteiger partial charge in [0.05, 0.1) is 12.2 Å². The monoisotopic (exact) mass is 154 g/mol. The van der Waals surface area contributed by atoms with Crippen LogP contribution in [-0.2, 0) is 4.74 Å². The lowest BCUT2D eigenvalue weighted by Gasteiger charge is -2.14. The van der Waals surface area contributed by atoms with Crippen LogP contribution < -0.4 is 0 Å². The highest BCUT2D eigenvalue weighted by Gasteiger charge is 2.11. The molecule has 0 fully saturated rings. The second kappa shape index (κ2) is 4.57. The van der Waals surface area contributed by atoms with Gasteiger partial charge >= 0.3 is 0 Å². The van der Waals surface area contributed by atoms with Gasteiger partial charge in [-0.3, -0.25) is 0 Å². The van der Waals surface area contributed by atoms with Gasteiger partial charge in [-0.15, -0.1) is 0 Å². The zero-order valence-corrected chi connectivity index (χ0v) is 6.05. The van der Waals surface area contributed by atoms with Crippen LogP contribution in [0.5, 0.6) is 0 Å². The molecule has 0 aliphatic carbocycles. The van der Waals surface area contributed by atoms with Crippen LogP contribution in [0.2, 0.25) is 0 Å². The van der Waals surface area contributed by atoms with Gasteiger partial charge in [0.2, 0.25) is 0 Å². The maximum Gasteiger partial charge on any atom is 0.261 e. The van der Waals surface area contributed by atoms with Crippen LogP contribution in [0, 0.1) is 0 Å². The van der Waals surface area contributed by atoms with E-state index in [1.165, 1.54) is 6.92 Å². The first kappa shape index (κ1) is 9.78. The van der Waals surface area contributed by atoms with Crippen LogP contribution in [0.25, 0.3) is 0 Å². The van der Waals surface area contributed by atoms with Gasteiger partial charge in [-0.25, -0.2) is 8.78 Å². The fourth-order valence-electron chi connectivity index (χ4n) is 0.364. The zero-order valence-electron chi connectivity index (χ0n) is 6.05. The Hall–Kier alpha value is -0.220. The highest BCUT2D eigenvalue weighted by atomic mass is 19.3. The third-order valence-corrected chi connectivity index (χ3v) is 1.16. The molecule has 0 aliphatic rings. The van der Waals surface area contributed by atoms with Crippen LogP contribution in [0.4, 0.5) is 8.78 Å². The number of aliphatic hydroxyl groups is 1. The molecule has 4 heteroatoms. The van der Waals surface area contributed by atoms with Crippen molar-refractivity contribution >= 4 is 0 Å². The summed E-state index contributed by atoms with van der Waals surface area (Å²) in [5.74, 6) is 0. The van der Waals surface area contributed by atoms with Crippen LogP contribution >= 0.6 is 0 Å². The number of aliphatic hydroxyl groups excluding tert-OH is 1. The summed E-state index contributed by atoms with van der Waals surface area (Å²) >= 11 is 0. The Kier molecular flexibility index (Phi) is 4.47. The maximum absolute atomic E-state index is 11.5. The van der Waals surface area contributed by atoms with Crippen LogP contribution in [0.3, 0.4) is 0 Å². The molecule has 0 spiro atoms. The standard InChI is InChI=1S/C6H12F2O2/c1-4(9)5(2)10-3-6(7)8/h4-6,9H,3H2,1-2H3. The van der Waals surface area contributed by atoms with Crippen molar-refractivity contribution in [1.29, 1.82) is 0 Å². The molecule has 2 nitrogen and oxygen atoms in total. The van der Waals surface area contributed by atoms with Crippen LogP contribution in [0.15, 0.2) is 0 Å². The molecule has 0 rings (SSSR count). The summed E-state index contributed by atoms with van der Waals surface area (Å²) in [6.07, 6.45) is -3.67. The van der Waals surface area contributed by atoms with E-state index in [4.69, 9.17) is 5.11 Å². The van der Waals surface area contributed by atoms with E-state index in [0.717, 1.165) is 0 Å². The molecule has 10 heavy (non-hydrogen) atoms. The lowest BCUT2D eigenvalue weighted by Crippen LogP contribution is -2.24. The fourth-order valence-corrected chi connectivity index (χ4v) is 0.364. The number of halogens is 2. The molecule has 0 saturated heterocycles. The van der Waals surface area contributed by atoms with Crippen molar-refractivity contribution in [2.75, 3.05) is 6.61 Å². The molecule has 0 amide bonds. The van der Waals surface area contributed by atoms with Gasteiger partial charge < -0.3 is 9.84 Å². The molecule has 0 aromatic heterocycles. The van der Waals surface area contributed by atoms with Gasteiger partial charge in [0.25, 0.3) is 6.43 Å². The number of alkyl halides is 2. The maximum atomic E-state index is 11.5. The molecule has 0 aromatic rings. The van der Waals surface area contributed by atoms with Crippen molar-refractivity contribution < 1.29 is 18.6 Å². The molecule has 0 radical (unpaired) electrons. The minimum Gasteiger partial charge on any atom is -0.391 e. The van der Waals surface area contributed by atoms with E-state index in [1.54, 1.807) is 6.92 Å². The number of hydrogen-bond donors (Lipinski definition) is 1. The molecule has 0 aromatic carbocycles. The van der Waals surface area contributed by atoms with Crippen LogP contribution in [-0.4, -0.2) is 30.3 Å². The Balaban J connectivity index is 3.30. The van der Waals surface area contributed by atoms with E-state index in [-0.39, 0.29) is 0 Å². The molecule has 1 N–H and O–H groups in total. The van der Waals surface area contributed by atoms with E-state index in [1.807, 2.05) is 0 Å². The summed E-state index contributed by atoms with van der Waals surface area (Å²) in [5.41, 5.74) is 0. The zero-order chi connectivity index (χ0) is 8.15. The van der Waals surface area contributed by atoms with E-state index in [9.17, 15) is 8.78 Å². The molecule has 0 heterocycles. The molecule has 0 aliphatic heterocycles. The first-order valence-electron chi connectivity index (χ1n) is 3.12. The highest BCUT2D eigenvalue weighted by molar-refractivity contribution is 4.56. The molecular weight excluding hydrogens is 142 g/mol. The lowest BCUT2D eigenvalue weighted by atomic mass is 10.3. The predicted molar refractivity (Wildman–Crippen MR) is 33.1 cm³/mol. The van der Waals surface area contributed by atoms with Crippen LogP contribution in [0.1, 0.15) is 13.8 Å². The third kappa shape index (κ3) is 4.64.